The smallest absolute Gasteiger partial charge is 0.326 e. The lowest BCUT2D eigenvalue weighted by Crippen LogP contribution is -2.47. The number of nitrogens with one attached hydrogen (secondary N) is 1. The molecule has 1 amide bonds. The van der Waals surface area contributed by atoms with Crippen molar-refractivity contribution in [2.45, 2.75) is 6.10 Å². The number of para-hydroxylation sites is 1. The van der Waals surface area contributed by atoms with Gasteiger partial charge < -0.3 is 28.8 Å². The maximum absolute atomic E-state index is 12.8. The molecule has 1 aliphatic heterocycles. The molecule has 4 rings (SSSR count). The third-order valence-electron chi connectivity index (χ3n) is 5.11. The summed E-state index contributed by atoms with van der Waals surface area (Å²) in [6.45, 7) is 9.07. The number of morpholine rings is 1. The van der Waals surface area contributed by atoms with Gasteiger partial charge in [-0.25, -0.2) is 0 Å². The van der Waals surface area contributed by atoms with Crippen LogP contribution in [0, 0.1) is 0 Å². The molecular weight excluding hydrogens is 450 g/mol. The molecule has 182 valence electrons. The highest BCUT2D eigenvalue weighted by Gasteiger charge is 2.24. The summed E-state index contributed by atoms with van der Waals surface area (Å²) in [5.74, 6) is -0.0936. The van der Waals surface area contributed by atoms with Crippen molar-refractivity contribution in [1.29, 1.82) is 0 Å². The Kier molecular flexibility index (Phi) is 8.08. The summed E-state index contributed by atoms with van der Waals surface area (Å²) in [6, 6.07) is 8.09. The maximum Gasteiger partial charge on any atom is 0.326 e. The Morgan fingerprint density at radius 1 is 1.09 bits per heavy atom. The largest absolute Gasteiger partial charge is 0.460 e. The fourth-order valence-electron chi connectivity index (χ4n) is 3.47. The summed E-state index contributed by atoms with van der Waals surface area (Å²) < 4.78 is 22.3. The molecule has 10 heteroatoms. The molecule has 3 heterocycles. The van der Waals surface area contributed by atoms with E-state index in [9.17, 15) is 4.79 Å². The first-order valence-electron chi connectivity index (χ1n) is 11.2. The number of aromatic amines is 1. The lowest BCUT2D eigenvalue weighted by molar-refractivity contribution is -0.134. The molecule has 0 saturated carbocycles. The van der Waals surface area contributed by atoms with Crippen LogP contribution in [-0.4, -0.2) is 76.4 Å². The van der Waals surface area contributed by atoms with E-state index in [0.717, 1.165) is 16.5 Å². The van der Waals surface area contributed by atoms with E-state index in [-0.39, 0.29) is 49.9 Å². The highest BCUT2D eigenvalue weighted by Crippen LogP contribution is 2.19. The van der Waals surface area contributed by atoms with E-state index in [0.29, 0.717) is 19.7 Å². The van der Waals surface area contributed by atoms with Gasteiger partial charge in [-0.1, -0.05) is 43.5 Å². The summed E-state index contributed by atoms with van der Waals surface area (Å²) in [5, 5.41) is 1.06. The van der Waals surface area contributed by atoms with E-state index >= 15 is 0 Å². The van der Waals surface area contributed by atoms with Crippen molar-refractivity contribution in [3.05, 3.63) is 67.4 Å². The highest BCUT2D eigenvalue weighted by molar-refractivity contribution is 5.96. The molecule has 1 fully saturated rings. The zero-order valence-corrected chi connectivity index (χ0v) is 19.3. The second kappa shape index (κ2) is 11.8. The standard InChI is InChI=1S/C25H27N5O5/c1-3-12-33-23-27-24(34-13-4-2)29-25(28-23)35-17-19-16-30(11-14-32-19)22(31)10-9-18-15-26-21-8-6-5-7-20(18)21/h3-10,15,19,26H,1-2,11-14,16-17H2/b10-9+. The molecule has 0 radical (unpaired) electrons. The van der Waals surface area contributed by atoms with Crippen LogP contribution in [0.3, 0.4) is 0 Å². The lowest BCUT2D eigenvalue weighted by atomic mass is 10.1. The first kappa shape index (κ1) is 24.0. The van der Waals surface area contributed by atoms with E-state index in [2.05, 4.69) is 33.1 Å². The van der Waals surface area contributed by atoms with E-state index in [1.54, 1.807) is 23.1 Å². The number of nitrogens with zero attached hydrogens (tertiary/aromatic N) is 4. The fourth-order valence-corrected chi connectivity index (χ4v) is 3.47. The van der Waals surface area contributed by atoms with Gasteiger partial charge >= 0.3 is 18.0 Å². The van der Waals surface area contributed by atoms with Crippen LogP contribution in [0.25, 0.3) is 17.0 Å². The number of rotatable bonds is 11. The zero-order chi connectivity index (χ0) is 24.5. The second-order valence-electron chi connectivity index (χ2n) is 7.59. The molecule has 2 aromatic heterocycles. The monoisotopic (exact) mass is 477 g/mol. The summed E-state index contributed by atoms with van der Waals surface area (Å²) in [4.78, 5) is 30.0. The van der Waals surface area contributed by atoms with Gasteiger partial charge in [-0.05, 0) is 17.7 Å². The van der Waals surface area contributed by atoms with E-state index in [1.165, 1.54) is 0 Å². The van der Waals surface area contributed by atoms with Crippen LogP contribution >= 0.6 is 0 Å². The fraction of sp³-hybridized carbons (Fsp3) is 0.280. The van der Waals surface area contributed by atoms with E-state index < -0.39 is 0 Å². The predicted octanol–water partition coefficient (Wildman–Crippen LogP) is 2.80. The molecule has 1 N–H and O–H groups in total. The number of carbonyl (C=O) groups excluding carboxylic acids is 1. The minimum atomic E-state index is -0.346. The molecule has 1 aliphatic rings. The van der Waals surface area contributed by atoms with Crippen LogP contribution in [0.2, 0.25) is 0 Å². The van der Waals surface area contributed by atoms with Crippen molar-refractivity contribution >= 4 is 22.9 Å². The minimum absolute atomic E-state index is 0.0319. The molecule has 10 nitrogen and oxygen atoms in total. The maximum atomic E-state index is 12.8. The Balaban J connectivity index is 1.35. The van der Waals surface area contributed by atoms with Crippen molar-refractivity contribution in [3.8, 4) is 18.0 Å². The molecule has 0 spiro atoms. The average molecular weight is 478 g/mol. The number of benzene rings is 1. The van der Waals surface area contributed by atoms with Gasteiger partial charge in [0.15, 0.2) is 0 Å². The number of carbonyl (C=O) groups is 1. The number of hydrogen-bond donors (Lipinski definition) is 1. The Morgan fingerprint density at radius 3 is 2.49 bits per heavy atom. The quantitative estimate of drug-likeness (QED) is 0.332. The predicted molar refractivity (Wildman–Crippen MR) is 130 cm³/mol. The Morgan fingerprint density at radius 2 is 1.77 bits per heavy atom. The van der Waals surface area contributed by atoms with Crippen molar-refractivity contribution in [2.24, 2.45) is 0 Å². The van der Waals surface area contributed by atoms with Gasteiger partial charge in [0.25, 0.3) is 0 Å². The van der Waals surface area contributed by atoms with E-state index in [1.807, 2.05) is 36.5 Å². The Labute approximate surface area is 202 Å². The van der Waals surface area contributed by atoms with Gasteiger partial charge in [0, 0.05) is 29.7 Å². The van der Waals surface area contributed by atoms with Crippen LogP contribution < -0.4 is 14.2 Å². The van der Waals surface area contributed by atoms with E-state index in [4.69, 9.17) is 18.9 Å². The van der Waals surface area contributed by atoms with Gasteiger partial charge in [-0.2, -0.15) is 0 Å². The molecule has 1 saturated heterocycles. The number of aromatic nitrogens is 4. The summed E-state index contributed by atoms with van der Waals surface area (Å²) in [5.41, 5.74) is 1.98. The second-order valence-corrected chi connectivity index (χ2v) is 7.59. The summed E-state index contributed by atoms with van der Waals surface area (Å²) in [6.07, 6.45) is 8.09. The van der Waals surface area contributed by atoms with Gasteiger partial charge in [-0.3, -0.25) is 4.79 Å². The number of H-pyrrole nitrogens is 1. The molecule has 0 aliphatic carbocycles. The van der Waals surface area contributed by atoms with Crippen LogP contribution in [0.5, 0.6) is 18.0 Å². The molecule has 3 aromatic rings. The normalized spacial score (nSPS) is 15.8. The third-order valence-corrected chi connectivity index (χ3v) is 5.11. The molecule has 1 atom stereocenters. The molecule has 0 bridgehead atoms. The van der Waals surface area contributed by atoms with Crippen molar-refractivity contribution in [1.82, 2.24) is 24.8 Å². The summed E-state index contributed by atoms with van der Waals surface area (Å²) >= 11 is 0. The van der Waals surface area contributed by atoms with Crippen molar-refractivity contribution < 1.29 is 23.7 Å². The highest BCUT2D eigenvalue weighted by atomic mass is 16.6. The van der Waals surface area contributed by atoms with Crippen LogP contribution in [0.4, 0.5) is 0 Å². The van der Waals surface area contributed by atoms with Crippen LogP contribution in [0.1, 0.15) is 5.56 Å². The molecule has 1 aromatic carbocycles. The van der Waals surface area contributed by atoms with Crippen LogP contribution in [-0.2, 0) is 9.53 Å². The first-order chi connectivity index (χ1) is 17.2. The number of ether oxygens (including phenoxy) is 4. The van der Waals surface area contributed by atoms with Gasteiger partial charge in [0.2, 0.25) is 5.91 Å². The Bertz CT molecular complexity index is 1180. The molecular formula is C25H27N5O5. The SMILES string of the molecule is C=CCOc1nc(OCC=C)nc(OCC2CN(C(=O)/C=C/c3c[nH]c4ccccc34)CCO2)n1. The molecule has 1 unspecified atom stereocenters. The summed E-state index contributed by atoms with van der Waals surface area (Å²) in [7, 11) is 0. The molecule has 35 heavy (non-hydrogen) atoms. The lowest BCUT2D eigenvalue weighted by Gasteiger charge is -2.32. The van der Waals surface area contributed by atoms with Crippen molar-refractivity contribution in [3.63, 3.8) is 0 Å². The minimum Gasteiger partial charge on any atom is -0.460 e. The number of fused-ring (bicyclic) bond motifs is 1. The third kappa shape index (κ3) is 6.45. The van der Waals surface area contributed by atoms with Gasteiger partial charge in [0.1, 0.15) is 25.9 Å². The van der Waals surface area contributed by atoms with Crippen LogP contribution in [0.15, 0.2) is 61.8 Å². The first-order valence-corrected chi connectivity index (χ1v) is 11.2. The van der Waals surface area contributed by atoms with Crippen molar-refractivity contribution in [2.75, 3.05) is 39.5 Å². The number of hydrogen-bond acceptors (Lipinski definition) is 8. The topological polar surface area (TPSA) is 112 Å². The average Bonchev–Trinajstić information content (AvgIpc) is 3.31. The Hall–Kier alpha value is -4.18. The van der Waals surface area contributed by atoms with Gasteiger partial charge in [0.05, 0.1) is 13.2 Å². The zero-order valence-electron chi connectivity index (χ0n) is 19.3. The van der Waals surface area contributed by atoms with Gasteiger partial charge in [-0.15, -0.1) is 15.0 Å². The number of amides is 1.